The quantitative estimate of drug-likeness (QED) is 0.928. The van der Waals surface area contributed by atoms with Crippen molar-refractivity contribution in [1.82, 2.24) is 10.2 Å². The van der Waals surface area contributed by atoms with E-state index in [0.717, 1.165) is 18.5 Å². The predicted molar refractivity (Wildman–Crippen MR) is 83.6 cm³/mol. The Kier molecular flexibility index (Phi) is 4.04. The molecule has 1 aliphatic rings. The molecule has 0 amide bonds. The molecule has 3 heteroatoms. The van der Waals surface area contributed by atoms with E-state index >= 15 is 0 Å². The molecule has 0 radical (unpaired) electrons. The molecule has 0 aliphatic heterocycles. The molecule has 0 saturated heterocycles. The molecule has 1 N–H and O–H groups in total. The van der Waals surface area contributed by atoms with Gasteiger partial charge in [0, 0.05) is 18.6 Å². The molecule has 2 nitrogen and oxygen atoms in total. The Balaban J connectivity index is 1.76. The molecule has 3 rings (SSSR count). The van der Waals surface area contributed by atoms with Crippen molar-refractivity contribution in [3.05, 3.63) is 71.0 Å². The maximum absolute atomic E-state index is 13.0. The Labute approximate surface area is 125 Å². The van der Waals surface area contributed by atoms with Gasteiger partial charge < -0.3 is 5.32 Å². The molecular formula is C18H21FN2. The molecule has 0 heterocycles. The van der Waals surface area contributed by atoms with Gasteiger partial charge in [0.05, 0.1) is 0 Å². The van der Waals surface area contributed by atoms with E-state index in [-0.39, 0.29) is 5.82 Å². The minimum absolute atomic E-state index is 0.178. The van der Waals surface area contributed by atoms with Crippen LogP contribution in [0.5, 0.6) is 0 Å². The summed E-state index contributed by atoms with van der Waals surface area (Å²) in [5.74, 6) is -0.178. The van der Waals surface area contributed by atoms with Gasteiger partial charge in [-0.25, -0.2) is 4.39 Å². The average molecular weight is 284 g/mol. The fourth-order valence-electron chi connectivity index (χ4n) is 3.33. The lowest BCUT2D eigenvalue weighted by Crippen LogP contribution is -2.39. The van der Waals surface area contributed by atoms with Crippen molar-refractivity contribution in [2.75, 3.05) is 14.1 Å². The number of hydrogen-bond acceptors (Lipinski definition) is 2. The summed E-state index contributed by atoms with van der Waals surface area (Å²) in [4.78, 5) is 2.36. The second kappa shape index (κ2) is 5.96. The average Bonchev–Trinajstić information content (AvgIpc) is 2.88. The van der Waals surface area contributed by atoms with Gasteiger partial charge in [-0.1, -0.05) is 36.4 Å². The van der Waals surface area contributed by atoms with E-state index in [1.54, 1.807) is 0 Å². The van der Waals surface area contributed by atoms with Crippen LogP contribution in [0.3, 0.4) is 0 Å². The molecular weight excluding hydrogens is 263 g/mol. The van der Waals surface area contributed by atoms with E-state index in [0.29, 0.717) is 12.1 Å². The van der Waals surface area contributed by atoms with Crippen LogP contribution in [0.4, 0.5) is 4.39 Å². The summed E-state index contributed by atoms with van der Waals surface area (Å²) in [5.41, 5.74) is 3.97. The van der Waals surface area contributed by atoms with Crippen molar-refractivity contribution in [3.63, 3.8) is 0 Å². The Bertz CT molecular complexity index is 609. The lowest BCUT2D eigenvalue weighted by atomic mass is 10.1. The lowest BCUT2D eigenvalue weighted by Gasteiger charge is -2.30. The highest BCUT2D eigenvalue weighted by molar-refractivity contribution is 5.37. The Hall–Kier alpha value is -1.71. The number of nitrogens with one attached hydrogen (secondary N) is 1. The molecule has 21 heavy (non-hydrogen) atoms. The van der Waals surface area contributed by atoms with E-state index in [2.05, 4.69) is 41.5 Å². The Morgan fingerprint density at radius 1 is 1.14 bits per heavy atom. The number of rotatable bonds is 4. The summed E-state index contributed by atoms with van der Waals surface area (Å²) < 4.78 is 13.0. The van der Waals surface area contributed by atoms with Crippen LogP contribution in [0.15, 0.2) is 48.5 Å². The Morgan fingerprint density at radius 2 is 1.86 bits per heavy atom. The molecule has 110 valence electrons. The van der Waals surface area contributed by atoms with Gasteiger partial charge in [-0.15, -0.1) is 0 Å². The van der Waals surface area contributed by atoms with Crippen molar-refractivity contribution in [2.24, 2.45) is 0 Å². The molecule has 0 spiro atoms. The van der Waals surface area contributed by atoms with Gasteiger partial charge in [-0.3, -0.25) is 4.90 Å². The largest absolute Gasteiger partial charge is 0.312 e. The third-order valence-electron chi connectivity index (χ3n) is 4.43. The van der Waals surface area contributed by atoms with Gasteiger partial charge in [0.15, 0.2) is 0 Å². The van der Waals surface area contributed by atoms with Crippen LogP contribution in [0.1, 0.15) is 22.7 Å². The smallest absolute Gasteiger partial charge is 0.123 e. The molecule has 2 aromatic carbocycles. The third kappa shape index (κ3) is 2.85. The summed E-state index contributed by atoms with van der Waals surface area (Å²) in [7, 11) is 4.16. The number of nitrogens with zero attached hydrogens (tertiary/aromatic N) is 1. The van der Waals surface area contributed by atoms with Crippen LogP contribution in [0, 0.1) is 5.82 Å². The van der Waals surface area contributed by atoms with E-state index < -0.39 is 0 Å². The monoisotopic (exact) mass is 284 g/mol. The van der Waals surface area contributed by atoms with Gasteiger partial charge in [-0.05, 0) is 49.3 Å². The van der Waals surface area contributed by atoms with E-state index in [1.165, 1.54) is 23.3 Å². The fourth-order valence-corrected chi connectivity index (χ4v) is 3.33. The van der Waals surface area contributed by atoms with Gasteiger partial charge in [0.2, 0.25) is 0 Å². The van der Waals surface area contributed by atoms with Gasteiger partial charge in [0.1, 0.15) is 5.82 Å². The lowest BCUT2D eigenvalue weighted by molar-refractivity contribution is 0.201. The fraction of sp³-hybridized carbons (Fsp3) is 0.333. The molecule has 1 aliphatic carbocycles. The van der Waals surface area contributed by atoms with Crippen LogP contribution in [0.2, 0.25) is 0 Å². The zero-order chi connectivity index (χ0) is 14.8. The molecule has 2 atom stereocenters. The van der Waals surface area contributed by atoms with E-state index in [4.69, 9.17) is 0 Å². The number of hydrogen-bond donors (Lipinski definition) is 1. The standard InChI is InChI=1S/C18H21FN2/c1-20-18-16-6-4-3-5-14(16)11-17(18)21(2)12-13-7-9-15(19)10-8-13/h3-10,17-18,20H,11-12H2,1-2H3. The first-order chi connectivity index (χ1) is 10.2. The minimum atomic E-state index is -0.178. The van der Waals surface area contributed by atoms with E-state index in [1.807, 2.05) is 19.2 Å². The first kappa shape index (κ1) is 14.2. The third-order valence-corrected chi connectivity index (χ3v) is 4.43. The van der Waals surface area contributed by atoms with Crippen LogP contribution >= 0.6 is 0 Å². The maximum Gasteiger partial charge on any atom is 0.123 e. The zero-order valence-corrected chi connectivity index (χ0v) is 12.5. The molecule has 2 unspecified atom stereocenters. The summed E-state index contributed by atoms with van der Waals surface area (Å²) in [6, 6.07) is 16.2. The number of likely N-dealkylation sites (N-methyl/N-ethyl adjacent to an activating group) is 2. The first-order valence-corrected chi connectivity index (χ1v) is 7.39. The normalized spacial score (nSPS) is 20.8. The highest BCUT2D eigenvalue weighted by Gasteiger charge is 2.33. The molecule has 2 aromatic rings. The highest BCUT2D eigenvalue weighted by atomic mass is 19.1. The summed E-state index contributed by atoms with van der Waals surface area (Å²) in [5, 5.41) is 3.44. The summed E-state index contributed by atoms with van der Waals surface area (Å²) in [6.45, 7) is 0.830. The Morgan fingerprint density at radius 3 is 2.57 bits per heavy atom. The topological polar surface area (TPSA) is 15.3 Å². The first-order valence-electron chi connectivity index (χ1n) is 7.39. The van der Waals surface area contributed by atoms with Crippen molar-refractivity contribution in [1.29, 1.82) is 0 Å². The maximum atomic E-state index is 13.0. The minimum Gasteiger partial charge on any atom is -0.312 e. The predicted octanol–water partition coefficient (Wildman–Crippen LogP) is 3.14. The SMILES string of the molecule is CNC1c2ccccc2CC1N(C)Cc1ccc(F)cc1. The van der Waals surface area contributed by atoms with E-state index in [9.17, 15) is 4.39 Å². The molecule has 0 saturated carbocycles. The second-order valence-electron chi connectivity index (χ2n) is 5.78. The van der Waals surface area contributed by atoms with Crippen LogP contribution < -0.4 is 5.32 Å². The summed E-state index contributed by atoms with van der Waals surface area (Å²) >= 11 is 0. The van der Waals surface area contributed by atoms with Gasteiger partial charge >= 0.3 is 0 Å². The van der Waals surface area contributed by atoms with Crippen molar-refractivity contribution in [3.8, 4) is 0 Å². The van der Waals surface area contributed by atoms with Crippen LogP contribution in [-0.4, -0.2) is 25.0 Å². The van der Waals surface area contributed by atoms with Gasteiger partial charge in [-0.2, -0.15) is 0 Å². The molecule has 0 fully saturated rings. The number of halogens is 1. The number of benzene rings is 2. The van der Waals surface area contributed by atoms with Crippen molar-refractivity contribution in [2.45, 2.75) is 25.0 Å². The second-order valence-corrected chi connectivity index (χ2v) is 5.78. The van der Waals surface area contributed by atoms with Crippen LogP contribution in [-0.2, 0) is 13.0 Å². The molecule has 0 aromatic heterocycles. The van der Waals surface area contributed by atoms with Crippen molar-refractivity contribution >= 4 is 0 Å². The van der Waals surface area contributed by atoms with Crippen LogP contribution in [0.25, 0.3) is 0 Å². The molecule has 0 bridgehead atoms. The number of fused-ring (bicyclic) bond motifs is 1. The zero-order valence-electron chi connectivity index (χ0n) is 12.5. The summed E-state index contributed by atoms with van der Waals surface area (Å²) in [6.07, 6.45) is 1.05. The van der Waals surface area contributed by atoms with Crippen molar-refractivity contribution < 1.29 is 4.39 Å². The highest BCUT2D eigenvalue weighted by Crippen LogP contribution is 2.34. The van der Waals surface area contributed by atoms with Gasteiger partial charge in [0.25, 0.3) is 0 Å².